The molecule has 0 spiro atoms. The first-order chi connectivity index (χ1) is 17.5. The molecule has 0 atom stereocenters. The number of benzene rings is 3. The van der Waals surface area contributed by atoms with Crippen LogP contribution >= 0.6 is 50.5 Å². The Kier molecular flexibility index (Phi) is 6.24. The second-order valence-corrected chi connectivity index (χ2v) is 11.6. The number of rotatable bonds is 6. The van der Waals surface area contributed by atoms with E-state index in [2.05, 4.69) is 57.3 Å². The monoisotopic (exact) mass is 594 g/mol. The summed E-state index contributed by atoms with van der Waals surface area (Å²) in [6.07, 6.45) is 2.91. The molecule has 1 fully saturated rings. The first-order valence-electron chi connectivity index (χ1n) is 11.7. The van der Waals surface area contributed by atoms with Crippen LogP contribution in [-0.4, -0.2) is 20.0 Å². The third-order valence-corrected chi connectivity index (χ3v) is 8.95. The van der Waals surface area contributed by atoms with E-state index in [0.717, 1.165) is 67.0 Å². The Morgan fingerprint density at radius 3 is 2.33 bits per heavy atom. The van der Waals surface area contributed by atoms with Gasteiger partial charge in [-0.2, -0.15) is 5.10 Å². The third kappa shape index (κ3) is 4.10. The number of para-hydroxylation sites is 1. The van der Waals surface area contributed by atoms with Crippen molar-refractivity contribution in [2.75, 3.05) is 0 Å². The number of nitrogens with zero attached hydrogens (tertiary/aromatic N) is 4. The summed E-state index contributed by atoms with van der Waals surface area (Å²) in [5, 5.41) is 17.6. The Morgan fingerprint density at radius 2 is 1.67 bits per heavy atom. The maximum Gasteiger partial charge on any atom is 0.168 e. The number of hydrogen-bond donors (Lipinski definition) is 0. The fourth-order valence-corrected chi connectivity index (χ4v) is 6.42. The van der Waals surface area contributed by atoms with Crippen LogP contribution in [0.4, 0.5) is 0 Å². The van der Waals surface area contributed by atoms with E-state index in [-0.39, 0.29) is 5.41 Å². The normalized spacial score (nSPS) is 14.2. The van der Waals surface area contributed by atoms with Crippen molar-refractivity contribution in [3.05, 3.63) is 103 Å². The van der Waals surface area contributed by atoms with E-state index < -0.39 is 0 Å². The Hall–Kier alpha value is -2.51. The summed E-state index contributed by atoms with van der Waals surface area (Å²) in [6, 6.07) is 24.2. The molecular formula is C28H21BrCl2N4S. The lowest BCUT2D eigenvalue weighted by Crippen LogP contribution is -2.07. The molecule has 180 valence electrons. The SMILES string of the molecule is CCc1c(-c2nnc(C3(c4ccc(Cl)cc4)CC3)s2)nn(-c2ccccc2Cl)c1-c1ccc(Br)cc1. The summed E-state index contributed by atoms with van der Waals surface area (Å²) >= 11 is 18.0. The molecule has 1 saturated carbocycles. The highest BCUT2D eigenvalue weighted by atomic mass is 79.9. The van der Waals surface area contributed by atoms with Crippen LogP contribution in [0.3, 0.4) is 0 Å². The third-order valence-electron chi connectivity index (χ3n) is 6.72. The predicted molar refractivity (Wildman–Crippen MR) is 151 cm³/mol. The molecular weight excluding hydrogens is 575 g/mol. The average molecular weight is 596 g/mol. The highest BCUT2D eigenvalue weighted by molar-refractivity contribution is 9.10. The molecule has 0 radical (unpaired) electrons. The lowest BCUT2D eigenvalue weighted by atomic mass is 9.97. The van der Waals surface area contributed by atoms with Crippen LogP contribution in [0.5, 0.6) is 0 Å². The van der Waals surface area contributed by atoms with Crippen LogP contribution < -0.4 is 0 Å². The highest BCUT2D eigenvalue weighted by Crippen LogP contribution is 2.55. The van der Waals surface area contributed by atoms with Crippen molar-refractivity contribution in [2.24, 2.45) is 0 Å². The molecule has 0 bridgehead atoms. The van der Waals surface area contributed by atoms with Crippen LogP contribution in [0, 0.1) is 0 Å². The largest absolute Gasteiger partial charge is 0.231 e. The minimum Gasteiger partial charge on any atom is -0.231 e. The van der Waals surface area contributed by atoms with Crippen molar-refractivity contribution in [1.29, 1.82) is 0 Å². The van der Waals surface area contributed by atoms with E-state index in [1.165, 1.54) is 5.56 Å². The molecule has 1 aliphatic rings. The van der Waals surface area contributed by atoms with Gasteiger partial charge in [0.25, 0.3) is 0 Å². The van der Waals surface area contributed by atoms with Gasteiger partial charge in [-0.15, -0.1) is 10.2 Å². The first-order valence-corrected chi connectivity index (χ1v) is 14.1. The molecule has 0 N–H and O–H groups in total. The molecule has 0 amide bonds. The smallest absolute Gasteiger partial charge is 0.168 e. The van der Waals surface area contributed by atoms with Crippen LogP contribution in [0.1, 0.15) is 35.9 Å². The summed E-state index contributed by atoms with van der Waals surface area (Å²) < 4.78 is 2.98. The van der Waals surface area contributed by atoms with Gasteiger partial charge in [0.15, 0.2) is 5.01 Å². The van der Waals surface area contributed by atoms with E-state index >= 15 is 0 Å². The van der Waals surface area contributed by atoms with E-state index in [1.807, 2.05) is 53.2 Å². The van der Waals surface area contributed by atoms with Crippen LogP contribution in [0.15, 0.2) is 77.3 Å². The lowest BCUT2D eigenvalue weighted by molar-refractivity contribution is 0.806. The van der Waals surface area contributed by atoms with Gasteiger partial charge >= 0.3 is 0 Å². The quantitative estimate of drug-likeness (QED) is 0.197. The van der Waals surface area contributed by atoms with Gasteiger partial charge in [-0.1, -0.05) is 93.8 Å². The van der Waals surface area contributed by atoms with Crippen molar-refractivity contribution < 1.29 is 0 Å². The molecule has 6 rings (SSSR count). The summed E-state index contributed by atoms with van der Waals surface area (Å²) in [5.41, 5.74) is 6.06. The summed E-state index contributed by atoms with van der Waals surface area (Å²) in [6.45, 7) is 2.15. The fraction of sp³-hybridized carbons (Fsp3) is 0.179. The molecule has 0 saturated heterocycles. The lowest BCUT2D eigenvalue weighted by Gasteiger charge is -2.11. The Balaban J connectivity index is 1.50. The average Bonchev–Trinajstić information content (AvgIpc) is 3.38. The fourth-order valence-electron chi connectivity index (χ4n) is 4.69. The zero-order valence-electron chi connectivity index (χ0n) is 19.4. The predicted octanol–water partition coefficient (Wildman–Crippen LogP) is 8.77. The second kappa shape index (κ2) is 9.42. The Bertz CT molecular complexity index is 1550. The van der Waals surface area contributed by atoms with E-state index in [9.17, 15) is 0 Å². The van der Waals surface area contributed by atoms with E-state index in [4.69, 9.17) is 28.3 Å². The standard InChI is InChI=1S/C28H21BrCl2N4S/c1-2-21-24(26-32-33-27(36-26)28(15-16-28)18-9-13-20(30)14-10-18)34-35(23-6-4-3-5-22(23)31)25(21)17-7-11-19(29)12-8-17/h3-14H,2,15-16H2,1H3. The summed E-state index contributed by atoms with van der Waals surface area (Å²) in [5.74, 6) is 0. The van der Waals surface area contributed by atoms with Gasteiger partial charge in [-0.05, 0) is 61.2 Å². The maximum absolute atomic E-state index is 6.64. The molecule has 5 aromatic rings. The van der Waals surface area contributed by atoms with E-state index in [1.54, 1.807) is 11.3 Å². The highest BCUT2D eigenvalue weighted by Gasteiger charge is 2.49. The molecule has 2 aromatic heterocycles. The molecule has 0 aliphatic heterocycles. The molecule has 1 aliphatic carbocycles. The van der Waals surface area contributed by atoms with Crippen molar-refractivity contribution in [1.82, 2.24) is 20.0 Å². The van der Waals surface area contributed by atoms with Crippen LogP contribution in [0.25, 0.3) is 27.6 Å². The van der Waals surface area contributed by atoms with Gasteiger partial charge < -0.3 is 0 Å². The zero-order valence-corrected chi connectivity index (χ0v) is 23.3. The van der Waals surface area contributed by atoms with Crippen LogP contribution in [0.2, 0.25) is 10.0 Å². The van der Waals surface area contributed by atoms with Gasteiger partial charge in [-0.25, -0.2) is 4.68 Å². The van der Waals surface area contributed by atoms with Crippen molar-refractivity contribution >= 4 is 50.5 Å². The molecule has 2 heterocycles. The van der Waals surface area contributed by atoms with Crippen molar-refractivity contribution in [3.63, 3.8) is 0 Å². The van der Waals surface area contributed by atoms with Gasteiger partial charge in [0.1, 0.15) is 10.7 Å². The molecule has 8 heteroatoms. The topological polar surface area (TPSA) is 43.6 Å². The summed E-state index contributed by atoms with van der Waals surface area (Å²) in [4.78, 5) is 0. The van der Waals surface area contributed by atoms with Gasteiger partial charge in [0.05, 0.1) is 16.4 Å². The van der Waals surface area contributed by atoms with Crippen molar-refractivity contribution in [3.8, 4) is 27.6 Å². The van der Waals surface area contributed by atoms with E-state index in [0.29, 0.717) is 5.02 Å². The van der Waals surface area contributed by atoms with Crippen molar-refractivity contribution in [2.45, 2.75) is 31.6 Å². The molecule has 3 aromatic carbocycles. The summed E-state index contributed by atoms with van der Waals surface area (Å²) in [7, 11) is 0. The minimum atomic E-state index is -0.0767. The zero-order chi connectivity index (χ0) is 24.9. The Morgan fingerprint density at radius 1 is 0.944 bits per heavy atom. The van der Waals surface area contributed by atoms with Crippen LogP contribution in [-0.2, 0) is 11.8 Å². The van der Waals surface area contributed by atoms with Gasteiger partial charge in [-0.3, -0.25) is 0 Å². The van der Waals surface area contributed by atoms with Gasteiger partial charge in [0, 0.05) is 26.0 Å². The molecule has 0 unspecified atom stereocenters. The maximum atomic E-state index is 6.64. The molecule has 4 nitrogen and oxygen atoms in total. The Labute approximate surface area is 232 Å². The number of aromatic nitrogens is 4. The first kappa shape index (κ1) is 23.9. The number of hydrogen-bond acceptors (Lipinski definition) is 4. The number of halogens is 3. The minimum absolute atomic E-state index is 0.0767. The molecule has 36 heavy (non-hydrogen) atoms. The second-order valence-electron chi connectivity index (χ2n) is 8.90. The van der Waals surface area contributed by atoms with Gasteiger partial charge in [0.2, 0.25) is 0 Å².